The van der Waals surface area contributed by atoms with Crippen LogP contribution < -0.4 is 0 Å². The van der Waals surface area contributed by atoms with E-state index in [2.05, 4.69) is 0 Å². The van der Waals surface area contributed by atoms with Crippen molar-refractivity contribution < 1.29 is 19.7 Å². The van der Waals surface area contributed by atoms with Crippen LogP contribution in [0.5, 0.6) is 0 Å². The normalized spacial score (nSPS) is 39.3. The average Bonchev–Trinajstić information content (AvgIpc) is 1.95. The third-order valence-corrected chi connectivity index (χ3v) is 1.35. The highest BCUT2D eigenvalue weighted by molar-refractivity contribution is 4.93. The van der Waals surface area contributed by atoms with Crippen LogP contribution in [0, 0.1) is 0 Å². The average molecular weight is 146 g/mol. The standard InChI is InChI=1S/C6H10O4/c1-9-6-5(8)4(7)2-3-10-6/h2-8H,1H3/t4?,5-,6?/m0/s1. The molecule has 1 aliphatic rings. The Morgan fingerprint density at radius 3 is 2.70 bits per heavy atom. The summed E-state index contributed by atoms with van der Waals surface area (Å²) in [5.41, 5.74) is 0. The second kappa shape index (κ2) is 3.01. The minimum absolute atomic E-state index is 0.750. The van der Waals surface area contributed by atoms with E-state index in [9.17, 15) is 0 Å². The van der Waals surface area contributed by atoms with Gasteiger partial charge in [-0.2, -0.15) is 0 Å². The smallest absolute Gasteiger partial charge is 0.227 e. The van der Waals surface area contributed by atoms with Crippen molar-refractivity contribution in [2.45, 2.75) is 18.5 Å². The van der Waals surface area contributed by atoms with E-state index in [-0.39, 0.29) is 0 Å². The highest BCUT2D eigenvalue weighted by Gasteiger charge is 2.28. The predicted octanol–water partition coefficient (Wildman–Crippen LogP) is -0.775. The van der Waals surface area contributed by atoms with E-state index in [4.69, 9.17) is 19.7 Å². The zero-order valence-electron chi connectivity index (χ0n) is 5.60. The summed E-state index contributed by atoms with van der Waals surface area (Å²) in [5, 5.41) is 18.1. The van der Waals surface area contributed by atoms with Gasteiger partial charge in [-0.25, -0.2) is 0 Å². The van der Waals surface area contributed by atoms with Crippen LogP contribution >= 0.6 is 0 Å². The molecule has 2 N–H and O–H groups in total. The first kappa shape index (κ1) is 7.53. The molecule has 1 heterocycles. The third kappa shape index (κ3) is 1.29. The fraction of sp³-hybridized carbons (Fsp3) is 0.667. The molecule has 3 atom stereocenters. The number of rotatable bonds is 1. The second-order valence-corrected chi connectivity index (χ2v) is 2.05. The van der Waals surface area contributed by atoms with Crippen molar-refractivity contribution in [1.82, 2.24) is 0 Å². The Morgan fingerprint density at radius 2 is 2.20 bits per heavy atom. The lowest BCUT2D eigenvalue weighted by Crippen LogP contribution is -2.40. The van der Waals surface area contributed by atoms with Crippen molar-refractivity contribution in [3.63, 3.8) is 0 Å². The molecule has 0 spiro atoms. The van der Waals surface area contributed by atoms with Crippen LogP contribution in [0.1, 0.15) is 0 Å². The fourth-order valence-corrected chi connectivity index (χ4v) is 0.754. The van der Waals surface area contributed by atoms with Crippen LogP contribution in [0.25, 0.3) is 0 Å². The molecule has 0 bridgehead atoms. The van der Waals surface area contributed by atoms with Gasteiger partial charge in [0.1, 0.15) is 12.2 Å². The zero-order valence-corrected chi connectivity index (χ0v) is 5.60. The van der Waals surface area contributed by atoms with E-state index in [1.54, 1.807) is 0 Å². The largest absolute Gasteiger partial charge is 0.470 e. The number of hydrogen-bond donors (Lipinski definition) is 2. The van der Waals surface area contributed by atoms with Crippen LogP contribution in [0.2, 0.25) is 0 Å². The molecule has 0 fully saturated rings. The van der Waals surface area contributed by atoms with Gasteiger partial charge in [0.15, 0.2) is 0 Å². The topological polar surface area (TPSA) is 58.9 Å². The molecule has 0 aromatic heterocycles. The van der Waals surface area contributed by atoms with E-state index < -0.39 is 18.5 Å². The molecule has 0 amide bonds. The molecule has 0 saturated heterocycles. The van der Waals surface area contributed by atoms with Gasteiger partial charge < -0.3 is 19.7 Å². The number of aliphatic hydroxyl groups is 2. The Kier molecular flexibility index (Phi) is 2.26. The molecule has 58 valence electrons. The molecule has 1 aliphatic heterocycles. The Labute approximate surface area is 58.7 Å². The SMILES string of the molecule is COC1OC=CC(O)[C@@H]1O. The first-order valence-electron chi connectivity index (χ1n) is 2.97. The summed E-state index contributed by atoms with van der Waals surface area (Å²) in [7, 11) is 1.40. The summed E-state index contributed by atoms with van der Waals surface area (Å²) in [6, 6.07) is 0. The summed E-state index contributed by atoms with van der Waals surface area (Å²) in [6.07, 6.45) is 0.0415. The number of methoxy groups -OCH3 is 1. The Balaban J connectivity index is 2.56. The lowest BCUT2D eigenvalue weighted by molar-refractivity contribution is -0.181. The van der Waals surface area contributed by atoms with E-state index in [1.165, 1.54) is 19.4 Å². The van der Waals surface area contributed by atoms with Gasteiger partial charge in [0, 0.05) is 7.11 Å². The molecule has 0 saturated carbocycles. The minimum atomic E-state index is -0.991. The van der Waals surface area contributed by atoms with Crippen LogP contribution in [0.4, 0.5) is 0 Å². The molecule has 1 rings (SSSR count). The van der Waals surface area contributed by atoms with Crippen LogP contribution in [0.3, 0.4) is 0 Å². The highest BCUT2D eigenvalue weighted by Crippen LogP contribution is 2.11. The van der Waals surface area contributed by atoms with Crippen LogP contribution in [-0.2, 0) is 9.47 Å². The molecule has 0 aromatic carbocycles. The van der Waals surface area contributed by atoms with Crippen molar-refractivity contribution in [2.75, 3.05) is 7.11 Å². The van der Waals surface area contributed by atoms with Gasteiger partial charge in [-0.3, -0.25) is 0 Å². The number of hydrogen-bond acceptors (Lipinski definition) is 4. The minimum Gasteiger partial charge on any atom is -0.470 e. The monoisotopic (exact) mass is 146 g/mol. The maximum absolute atomic E-state index is 9.09. The van der Waals surface area contributed by atoms with Crippen molar-refractivity contribution >= 4 is 0 Å². The van der Waals surface area contributed by atoms with Crippen LogP contribution in [0.15, 0.2) is 12.3 Å². The van der Waals surface area contributed by atoms with Crippen molar-refractivity contribution in [3.8, 4) is 0 Å². The molecule has 0 aliphatic carbocycles. The molecule has 10 heavy (non-hydrogen) atoms. The summed E-state index contributed by atoms with van der Waals surface area (Å²) >= 11 is 0. The number of aliphatic hydroxyl groups excluding tert-OH is 2. The fourth-order valence-electron chi connectivity index (χ4n) is 0.754. The zero-order chi connectivity index (χ0) is 7.56. The maximum Gasteiger partial charge on any atom is 0.227 e. The van der Waals surface area contributed by atoms with E-state index in [0.717, 1.165) is 0 Å². The van der Waals surface area contributed by atoms with Gasteiger partial charge in [-0.1, -0.05) is 0 Å². The van der Waals surface area contributed by atoms with Crippen molar-refractivity contribution in [2.24, 2.45) is 0 Å². The highest BCUT2D eigenvalue weighted by atomic mass is 16.7. The first-order valence-corrected chi connectivity index (χ1v) is 2.97. The lowest BCUT2D eigenvalue weighted by atomic mass is 10.2. The summed E-state index contributed by atoms with van der Waals surface area (Å²) in [4.78, 5) is 0. The van der Waals surface area contributed by atoms with E-state index >= 15 is 0 Å². The molecule has 0 aromatic rings. The first-order chi connectivity index (χ1) is 4.75. The maximum atomic E-state index is 9.09. The van der Waals surface area contributed by atoms with Gasteiger partial charge in [-0.05, 0) is 6.08 Å². The van der Waals surface area contributed by atoms with Crippen LogP contribution in [-0.4, -0.2) is 35.8 Å². The molecule has 2 unspecified atom stereocenters. The quantitative estimate of drug-likeness (QED) is 0.509. The van der Waals surface area contributed by atoms with Crippen molar-refractivity contribution in [3.05, 3.63) is 12.3 Å². The van der Waals surface area contributed by atoms with E-state index in [1.807, 2.05) is 0 Å². The Bertz CT molecular complexity index is 134. The van der Waals surface area contributed by atoms with E-state index in [0.29, 0.717) is 0 Å². The second-order valence-electron chi connectivity index (χ2n) is 2.05. The molecular weight excluding hydrogens is 136 g/mol. The van der Waals surface area contributed by atoms with Gasteiger partial charge >= 0.3 is 0 Å². The predicted molar refractivity (Wildman–Crippen MR) is 33.0 cm³/mol. The van der Waals surface area contributed by atoms with Gasteiger partial charge in [0.05, 0.1) is 6.26 Å². The summed E-state index contributed by atoms with van der Waals surface area (Å²) < 4.78 is 9.49. The third-order valence-electron chi connectivity index (χ3n) is 1.35. The Morgan fingerprint density at radius 1 is 1.50 bits per heavy atom. The number of ether oxygens (including phenoxy) is 2. The molecular formula is C6H10O4. The Hall–Kier alpha value is -0.580. The van der Waals surface area contributed by atoms with Gasteiger partial charge in [-0.15, -0.1) is 0 Å². The summed E-state index contributed by atoms with van der Waals surface area (Å²) in [5.74, 6) is 0. The summed E-state index contributed by atoms with van der Waals surface area (Å²) in [6.45, 7) is 0. The van der Waals surface area contributed by atoms with Gasteiger partial charge in [0.2, 0.25) is 6.29 Å². The molecule has 4 heteroatoms. The van der Waals surface area contributed by atoms with Gasteiger partial charge in [0.25, 0.3) is 0 Å². The lowest BCUT2D eigenvalue weighted by Gasteiger charge is -2.26. The van der Waals surface area contributed by atoms with Crippen molar-refractivity contribution in [1.29, 1.82) is 0 Å². The molecule has 0 radical (unpaired) electrons. The molecule has 4 nitrogen and oxygen atoms in total.